The summed E-state index contributed by atoms with van der Waals surface area (Å²) in [6.07, 6.45) is -0.344. The van der Waals surface area contributed by atoms with Crippen molar-refractivity contribution in [2.24, 2.45) is 5.73 Å². The molecule has 136 valence electrons. The van der Waals surface area contributed by atoms with E-state index in [1.54, 1.807) is 7.11 Å². The molecule has 1 aromatic rings. The molecule has 8 heteroatoms. The van der Waals surface area contributed by atoms with Crippen molar-refractivity contribution in [1.29, 1.82) is 0 Å². The summed E-state index contributed by atoms with van der Waals surface area (Å²) in [6.45, 7) is 3.99. The summed E-state index contributed by atoms with van der Waals surface area (Å²) in [6, 6.07) is 1.69. The number of fused-ring (bicyclic) bond motifs is 4. The first-order chi connectivity index (χ1) is 11.9. The summed E-state index contributed by atoms with van der Waals surface area (Å²) in [5, 5.41) is 0. The number of hydrogen-bond acceptors (Lipinski definition) is 7. The molecule has 0 radical (unpaired) electrons. The SMILES string of the molecule is COc1c(Br)c([C@@H]2[C@@H](N)[C@@H]3OC(C)(C)O[C@@H]3[C@H]3O[C@H]32)cc2c1OCO2. The molecule has 1 saturated carbocycles. The van der Waals surface area contributed by atoms with Gasteiger partial charge in [0.05, 0.1) is 17.7 Å². The van der Waals surface area contributed by atoms with Crippen LogP contribution in [0.15, 0.2) is 10.5 Å². The zero-order valence-corrected chi connectivity index (χ0v) is 15.7. The number of halogens is 1. The highest BCUT2D eigenvalue weighted by molar-refractivity contribution is 9.10. The Labute approximate surface area is 153 Å². The van der Waals surface area contributed by atoms with Crippen LogP contribution in [0.4, 0.5) is 0 Å². The zero-order chi connectivity index (χ0) is 17.5. The first-order valence-electron chi connectivity index (χ1n) is 8.34. The number of epoxide rings is 1. The lowest BCUT2D eigenvalue weighted by Gasteiger charge is -2.33. The number of methoxy groups -OCH3 is 1. The number of hydrogen-bond donors (Lipinski definition) is 1. The minimum absolute atomic E-state index is 0.0000992. The summed E-state index contributed by atoms with van der Waals surface area (Å²) in [7, 11) is 1.61. The Morgan fingerprint density at radius 1 is 1.16 bits per heavy atom. The van der Waals surface area contributed by atoms with Gasteiger partial charge < -0.3 is 34.2 Å². The molecule has 3 aliphatic heterocycles. The van der Waals surface area contributed by atoms with Crippen LogP contribution < -0.4 is 19.9 Å². The van der Waals surface area contributed by atoms with Crippen molar-refractivity contribution >= 4 is 15.9 Å². The molecule has 0 spiro atoms. The van der Waals surface area contributed by atoms with Crippen molar-refractivity contribution in [2.75, 3.05) is 13.9 Å². The maximum absolute atomic E-state index is 6.62. The lowest BCUT2D eigenvalue weighted by Crippen LogP contribution is -2.53. The third-order valence-electron chi connectivity index (χ3n) is 5.35. The fourth-order valence-electron chi connectivity index (χ4n) is 4.30. The topological polar surface area (TPSA) is 84.7 Å². The van der Waals surface area contributed by atoms with Gasteiger partial charge in [0.1, 0.15) is 18.3 Å². The molecule has 0 unspecified atom stereocenters. The van der Waals surface area contributed by atoms with Crippen molar-refractivity contribution < 1.29 is 28.4 Å². The molecule has 7 nitrogen and oxygen atoms in total. The molecule has 6 atom stereocenters. The summed E-state index contributed by atoms with van der Waals surface area (Å²) >= 11 is 3.66. The highest BCUT2D eigenvalue weighted by Crippen LogP contribution is 2.56. The van der Waals surface area contributed by atoms with E-state index in [2.05, 4.69) is 15.9 Å². The molecule has 0 aromatic heterocycles. The summed E-state index contributed by atoms with van der Waals surface area (Å²) in [5.41, 5.74) is 7.60. The minimum Gasteiger partial charge on any atom is -0.492 e. The van der Waals surface area contributed by atoms with Gasteiger partial charge in [-0.2, -0.15) is 0 Å². The minimum atomic E-state index is -0.651. The van der Waals surface area contributed by atoms with Gasteiger partial charge in [-0.1, -0.05) is 0 Å². The molecule has 0 bridgehead atoms. The third kappa shape index (κ3) is 2.24. The van der Waals surface area contributed by atoms with E-state index >= 15 is 0 Å². The van der Waals surface area contributed by atoms with Crippen LogP contribution in [0, 0.1) is 0 Å². The fraction of sp³-hybridized carbons (Fsp3) is 0.647. The lowest BCUT2D eigenvalue weighted by molar-refractivity contribution is -0.149. The van der Waals surface area contributed by atoms with Crippen LogP contribution in [0.1, 0.15) is 25.3 Å². The largest absolute Gasteiger partial charge is 0.492 e. The molecule has 3 heterocycles. The van der Waals surface area contributed by atoms with E-state index in [0.717, 1.165) is 10.0 Å². The van der Waals surface area contributed by atoms with Gasteiger partial charge in [0.15, 0.2) is 17.3 Å². The lowest BCUT2D eigenvalue weighted by atomic mass is 9.77. The van der Waals surface area contributed by atoms with E-state index in [4.69, 9.17) is 34.2 Å². The van der Waals surface area contributed by atoms with E-state index in [0.29, 0.717) is 17.2 Å². The number of rotatable bonds is 2. The van der Waals surface area contributed by atoms with Crippen molar-refractivity contribution in [3.63, 3.8) is 0 Å². The molecule has 2 saturated heterocycles. The quantitative estimate of drug-likeness (QED) is 0.740. The van der Waals surface area contributed by atoms with Gasteiger partial charge in [-0.15, -0.1) is 0 Å². The Morgan fingerprint density at radius 3 is 2.68 bits per heavy atom. The first kappa shape index (κ1) is 16.1. The van der Waals surface area contributed by atoms with Gasteiger partial charge in [0, 0.05) is 12.0 Å². The second-order valence-electron chi connectivity index (χ2n) is 7.28. The number of nitrogens with two attached hydrogens (primary N) is 1. The fourth-order valence-corrected chi connectivity index (χ4v) is 5.02. The van der Waals surface area contributed by atoms with Crippen LogP contribution >= 0.6 is 15.9 Å². The molecule has 0 amide bonds. The predicted octanol–water partition coefficient (Wildman–Crippen LogP) is 1.90. The van der Waals surface area contributed by atoms with E-state index in [1.165, 1.54) is 0 Å². The van der Waals surface area contributed by atoms with Crippen LogP contribution in [-0.4, -0.2) is 50.1 Å². The molecule has 2 N–H and O–H groups in total. The van der Waals surface area contributed by atoms with Crippen molar-refractivity contribution in [2.45, 2.75) is 56.0 Å². The summed E-state index contributed by atoms with van der Waals surface area (Å²) in [5.74, 6) is 1.17. The van der Waals surface area contributed by atoms with Gasteiger partial charge in [0.25, 0.3) is 0 Å². The maximum Gasteiger partial charge on any atom is 0.231 e. The Hall–Kier alpha value is -1.06. The van der Waals surface area contributed by atoms with Crippen LogP contribution in [0.2, 0.25) is 0 Å². The van der Waals surface area contributed by atoms with E-state index in [-0.39, 0.29) is 43.2 Å². The number of ether oxygens (including phenoxy) is 6. The average molecular weight is 414 g/mol. The van der Waals surface area contributed by atoms with Crippen LogP contribution in [0.3, 0.4) is 0 Å². The van der Waals surface area contributed by atoms with Gasteiger partial charge in [-0.05, 0) is 41.4 Å². The maximum atomic E-state index is 6.62. The van der Waals surface area contributed by atoms with E-state index in [9.17, 15) is 0 Å². The molecule has 1 aliphatic carbocycles. The molecular formula is C17H20BrNO6. The Kier molecular flexibility index (Phi) is 3.38. The monoisotopic (exact) mass is 413 g/mol. The van der Waals surface area contributed by atoms with Crippen molar-refractivity contribution in [1.82, 2.24) is 0 Å². The summed E-state index contributed by atoms with van der Waals surface area (Å²) < 4.78 is 35.5. The van der Waals surface area contributed by atoms with Crippen LogP contribution in [0.25, 0.3) is 0 Å². The van der Waals surface area contributed by atoms with Crippen molar-refractivity contribution in [3.8, 4) is 17.2 Å². The first-order valence-corrected chi connectivity index (χ1v) is 9.13. The second kappa shape index (κ2) is 5.23. The Morgan fingerprint density at radius 2 is 1.92 bits per heavy atom. The Bertz CT molecular complexity index is 740. The van der Waals surface area contributed by atoms with Gasteiger partial charge >= 0.3 is 0 Å². The molecule has 5 rings (SSSR count). The number of benzene rings is 1. The molecular weight excluding hydrogens is 394 g/mol. The smallest absolute Gasteiger partial charge is 0.231 e. The van der Waals surface area contributed by atoms with E-state index in [1.807, 2.05) is 19.9 Å². The van der Waals surface area contributed by atoms with Crippen LogP contribution in [-0.2, 0) is 14.2 Å². The van der Waals surface area contributed by atoms with Gasteiger partial charge in [0.2, 0.25) is 12.5 Å². The molecule has 3 fully saturated rings. The van der Waals surface area contributed by atoms with Crippen molar-refractivity contribution in [3.05, 3.63) is 16.1 Å². The van der Waals surface area contributed by atoms with E-state index < -0.39 is 5.79 Å². The van der Waals surface area contributed by atoms with Gasteiger partial charge in [-0.3, -0.25) is 0 Å². The predicted molar refractivity (Wildman–Crippen MR) is 90.0 cm³/mol. The third-order valence-corrected chi connectivity index (χ3v) is 6.17. The average Bonchev–Trinajstić information content (AvgIpc) is 3.06. The molecule has 4 aliphatic rings. The standard InChI is InChI=1S/C17H20BrNO6/c1-17(2)24-14-10(19)8(12-15(23-12)16(14)25-17)6-4-7-11(22-5-21-7)13(20-3)9(6)18/h4,8,10,12,14-16H,5,19H2,1-3H3/t8-,10-,12+,14+,15+,16+/m1/s1. The summed E-state index contributed by atoms with van der Waals surface area (Å²) in [4.78, 5) is 0. The highest BCUT2D eigenvalue weighted by Gasteiger charge is 2.65. The Balaban J connectivity index is 1.57. The normalized spacial score (nSPS) is 39.7. The molecule has 1 aromatic carbocycles. The highest BCUT2D eigenvalue weighted by atomic mass is 79.9. The van der Waals surface area contributed by atoms with Crippen LogP contribution in [0.5, 0.6) is 17.2 Å². The zero-order valence-electron chi connectivity index (χ0n) is 14.2. The second-order valence-corrected chi connectivity index (χ2v) is 8.07. The van der Waals surface area contributed by atoms with Gasteiger partial charge in [-0.25, -0.2) is 0 Å². The molecule has 25 heavy (non-hydrogen) atoms.